The molecule has 17 heavy (non-hydrogen) atoms. The molecule has 1 aromatic heterocycles. The van der Waals surface area contributed by atoms with Crippen LogP contribution in [0.25, 0.3) is 0 Å². The predicted molar refractivity (Wildman–Crippen MR) is 59.2 cm³/mol. The molecule has 0 bridgehead atoms. The van der Waals surface area contributed by atoms with Crippen LogP contribution in [0.1, 0.15) is 25.5 Å². The highest BCUT2D eigenvalue weighted by Crippen LogP contribution is 2.45. The Bertz CT molecular complexity index is 446. The van der Waals surface area contributed by atoms with Gasteiger partial charge in [-0.3, -0.25) is 4.79 Å². The van der Waals surface area contributed by atoms with E-state index >= 15 is 0 Å². The lowest BCUT2D eigenvalue weighted by Gasteiger charge is -2.12. The molecule has 2 N–H and O–H groups in total. The van der Waals surface area contributed by atoms with E-state index in [1.165, 1.54) is 6.33 Å². The van der Waals surface area contributed by atoms with Crippen LogP contribution in [0.4, 0.5) is 10.2 Å². The molecule has 0 unspecified atom stereocenters. The van der Waals surface area contributed by atoms with Crippen LogP contribution in [-0.4, -0.2) is 27.6 Å². The molecule has 92 valence electrons. The summed E-state index contributed by atoms with van der Waals surface area (Å²) in [5.41, 5.74) is -0.397. The Labute approximate surface area is 98.1 Å². The van der Waals surface area contributed by atoms with E-state index in [1.54, 1.807) is 6.92 Å². The quantitative estimate of drug-likeness (QED) is 0.813. The van der Waals surface area contributed by atoms with Gasteiger partial charge in [0.2, 0.25) is 0 Å². The molecular weight excluding hydrogens is 225 g/mol. The zero-order chi connectivity index (χ0) is 12.5. The van der Waals surface area contributed by atoms with Crippen molar-refractivity contribution in [2.75, 3.05) is 11.9 Å². The van der Waals surface area contributed by atoms with Gasteiger partial charge in [0.05, 0.1) is 11.1 Å². The van der Waals surface area contributed by atoms with E-state index < -0.39 is 17.2 Å². The summed E-state index contributed by atoms with van der Waals surface area (Å²) in [4.78, 5) is 18.5. The molecule has 1 saturated carbocycles. The van der Waals surface area contributed by atoms with E-state index in [-0.39, 0.29) is 12.4 Å². The van der Waals surface area contributed by atoms with E-state index in [4.69, 9.17) is 5.11 Å². The first kappa shape index (κ1) is 11.8. The summed E-state index contributed by atoms with van der Waals surface area (Å²) in [5.74, 6) is -1.24. The molecule has 1 aliphatic carbocycles. The fraction of sp³-hybridized carbons (Fsp3) is 0.545. The molecule has 0 aromatic carbocycles. The first-order chi connectivity index (χ1) is 8.09. The third-order valence-corrected chi connectivity index (χ3v) is 3.10. The number of carbonyl (C=O) groups is 1. The van der Waals surface area contributed by atoms with Crippen LogP contribution in [0, 0.1) is 11.2 Å². The second-order valence-corrected chi connectivity index (χ2v) is 4.28. The van der Waals surface area contributed by atoms with Crippen LogP contribution in [0.15, 0.2) is 6.33 Å². The molecule has 0 radical (unpaired) electrons. The monoisotopic (exact) mass is 239 g/mol. The topological polar surface area (TPSA) is 75.1 Å². The predicted octanol–water partition coefficient (Wildman–Crippen LogP) is 1.45. The normalized spacial score (nSPS) is 16.6. The first-order valence-electron chi connectivity index (χ1n) is 5.56. The second kappa shape index (κ2) is 4.27. The number of anilines is 1. The van der Waals surface area contributed by atoms with Crippen LogP contribution >= 0.6 is 0 Å². The number of hydrogen-bond acceptors (Lipinski definition) is 4. The number of nitrogens with one attached hydrogen (secondary N) is 1. The molecule has 1 aromatic rings. The zero-order valence-electron chi connectivity index (χ0n) is 9.53. The summed E-state index contributed by atoms with van der Waals surface area (Å²) in [6, 6.07) is 0. The summed E-state index contributed by atoms with van der Waals surface area (Å²) in [6.45, 7) is 2.01. The van der Waals surface area contributed by atoms with E-state index in [1.807, 2.05) is 0 Å². The van der Waals surface area contributed by atoms with Crippen molar-refractivity contribution in [3.8, 4) is 0 Å². The molecule has 0 spiro atoms. The number of halogens is 1. The maximum absolute atomic E-state index is 13.7. The average molecular weight is 239 g/mol. The summed E-state index contributed by atoms with van der Waals surface area (Å²) in [7, 11) is 0. The Morgan fingerprint density at radius 1 is 1.59 bits per heavy atom. The zero-order valence-corrected chi connectivity index (χ0v) is 9.53. The van der Waals surface area contributed by atoms with Gasteiger partial charge in [-0.15, -0.1) is 0 Å². The van der Waals surface area contributed by atoms with Gasteiger partial charge in [-0.1, -0.05) is 6.92 Å². The molecule has 0 saturated heterocycles. The molecule has 2 rings (SSSR count). The Hall–Kier alpha value is -1.72. The Morgan fingerprint density at radius 2 is 2.29 bits per heavy atom. The van der Waals surface area contributed by atoms with E-state index in [0.717, 1.165) is 0 Å². The highest BCUT2D eigenvalue weighted by Gasteiger charge is 2.50. The van der Waals surface area contributed by atoms with Gasteiger partial charge < -0.3 is 10.4 Å². The molecule has 1 heterocycles. The maximum atomic E-state index is 13.7. The number of aliphatic carboxylic acids is 1. The van der Waals surface area contributed by atoms with Crippen molar-refractivity contribution >= 4 is 11.8 Å². The van der Waals surface area contributed by atoms with Crippen LogP contribution in [0.3, 0.4) is 0 Å². The van der Waals surface area contributed by atoms with Crippen LogP contribution < -0.4 is 5.32 Å². The van der Waals surface area contributed by atoms with Crippen LogP contribution in [0.5, 0.6) is 0 Å². The number of rotatable bonds is 5. The first-order valence-corrected chi connectivity index (χ1v) is 5.56. The third-order valence-electron chi connectivity index (χ3n) is 3.10. The fourth-order valence-corrected chi connectivity index (χ4v) is 1.65. The molecule has 5 nitrogen and oxygen atoms in total. The molecule has 0 amide bonds. The number of nitrogens with zero attached hydrogens (tertiary/aromatic N) is 2. The van der Waals surface area contributed by atoms with E-state index in [2.05, 4.69) is 15.3 Å². The third kappa shape index (κ3) is 2.20. The summed E-state index contributed by atoms with van der Waals surface area (Å²) < 4.78 is 13.7. The van der Waals surface area contributed by atoms with Gasteiger partial charge in [0.1, 0.15) is 6.33 Å². The van der Waals surface area contributed by atoms with Gasteiger partial charge in [0, 0.05) is 6.54 Å². The van der Waals surface area contributed by atoms with E-state index in [9.17, 15) is 9.18 Å². The minimum Gasteiger partial charge on any atom is -0.481 e. The van der Waals surface area contributed by atoms with Gasteiger partial charge in [-0.25, -0.2) is 14.4 Å². The number of aryl methyl sites for hydroxylation is 1. The molecule has 1 fully saturated rings. The van der Waals surface area contributed by atoms with E-state index in [0.29, 0.717) is 25.0 Å². The Balaban J connectivity index is 2.07. The van der Waals surface area contributed by atoms with Crippen molar-refractivity contribution in [3.05, 3.63) is 17.8 Å². The molecule has 0 atom stereocenters. The second-order valence-electron chi connectivity index (χ2n) is 4.28. The smallest absolute Gasteiger partial charge is 0.311 e. The van der Waals surface area contributed by atoms with Gasteiger partial charge in [-0.2, -0.15) is 0 Å². The molecule has 6 heteroatoms. The van der Waals surface area contributed by atoms with Crippen molar-refractivity contribution in [2.45, 2.75) is 26.2 Å². The van der Waals surface area contributed by atoms with Crippen molar-refractivity contribution in [1.29, 1.82) is 0 Å². The Morgan fingerprint density at radius 3 is 2.82 bits per heavy atom. The average Bonchev–Trinajstić information content (AvgIpc) is 3.09. The standard InChI is InChI=1S/C11H14FN3O2/c1-2-7-8(12)9(15-6-14-7)13-5-11(3-4-11)10(16)17/h6H,2-5H2,1H3,(H,16,17)(H,13,14,15). The lowest BCUT2D eigenvalue weighted by molar-refractivity contribution is -0.142. The van der Waals surface area contributed by atoms with Crippen molar-refractivity contribution < 1.29 is 14.3 Å². The number of aromatic nitrogens is 2. The highest BCUT2D eigenvalue weighted by molar-refractivity contribution is 5.78. The number of carboxylic acid groups (broad SMARTS) is 1. The lowest BCUT2D eigenvalue weighted by atomic mass is 10.1. The summed E-state index contributed by atoms with van der Waals surface area (Å²) in [5, 5.41) is 11.8. The minimum atomic E-state index is -0.838. The molecular formula is C11H14FN3O2. The fourth-order valence-electron chi connectivity index (χ4n) is 1.65. The number of carboxylic acids is 1. The molecule has 1 aliphatic rings. The van der Waals surface area contributed by atoms with Crippen LogP contribution in [0.2, 0.25) is 0 Å². The van der Waals surface area contributed by atoms with Gasteiger partial charge in [0.25, 0.3) is 0 Å². The number of hydrogen-bond donors (Lipinski definition) is 2. The molecule has 0 aliphatic heterocycles. The van der Waals surface area contributed by atoms with Gasteiger partial charge >= 0.3 is 5.97 Å². The van der Waals surface area contributed by atoms with Crippen molar-refractivity contribution in [2.24, 2.45) is 5.41 Å². The highest BCUT2D eigenvalue weighted by atomic mass is 19.1. The summed E-state index contributed by atoms with van der Waals surface area (Å²) in [6.07, 6.45) is 3.02. The summed E-state index contributed by atoms with van der Waals surface area (Å²) >= 11 is 0. The van der Waals surface area contributed by atoms with Gasteiger partial charge in [-0.05, 0) is 19.3 Å². The lowest BCUT2D eigenvalue weighted by Crippen LogP contribution is -2.25. The largest absolute Gasteiger partial charge is 0.481 e. The van der Waals surface area contributed by atoms with Crippen LogP contribution in [-0.2, 0) is 11.2 Å². The van der Waals surface area contributed by atoms with Gasteiger partial charge in [0.15, 0.2) is 11.6 Å². The Kier molecular flexibility index (Phi) is 2.95. The minimum absolute atomic E-state index is 0.0874. The maximum Gasteiger partial charge on any atom is 0.311 e. The van der Waals surface area contributed by atoms with Crippen molar-refractivity contribution in [3.63, 3.8) is 0 Å². The van der Waals surface area contributed by atoms with Crippen molar-refractivity contribution in [1.82, 2.24) is 9.97 Å². The SMILES string of the molecule is CCc1ncnc(NCC2(C(=O)O)CC2)c1F.